The molecule has 0 aliphatic carbocycles. The lowest BCUT2D eigenvalue weighted by atomic mass is 10.2. The number of aromatic nitrogens is 2. The molecule has 0 saturated carbocycles. The lowest BCUT2D eigenvalue weighted by Crippen LogP contribution is -2.39. The molecule has 18 heavy (non-hydrogen) atoms. The number of ether oxygens (including phenoxy) is 1. The molecule has 1 N–H and O–H groups in total. The average Bonchev–Trinajstić information content (AvgIpc) is 2.75. The number of imidazole rings is 1. The third-order valence-electron chi connectivity index (χ3n) is 2.48. The Kier molecular flexibility index (Phi) is 4.76. The summed E-state index contributed by atoms with van der Waals surface area (Å²) in [6, 6.07) is -0.116. The molecule has 0 saturated heterocycles. The van der Waals surface area contributed by atoms with Gasteiger partial charge < -0.3 is 9.72 Å². The van der Waals surface area contributed by atoms with Gasteiger partial charge >= 0.3 is 6.09 Å². The first kappa shape index (κ1) is 14.5. The lowest BCUT2D eigenvalue weighted by Gasteiger charge is -2.30. The van der Waals surface area contributed by atoms with Crippen molar-refractivity contribution >= 4 is 6.09 Å². The maximum Gasteiger partial charge on any atom is 0.410 e. The van der Waals surface area contributed by atoms with Crippen LogP contribution in [-0.2, 0) is 4.74 Å². The van der Waals surface area contributed by atoms with Crippen LogP contribution < -0.4 is 0 Å². The van der Waals surface area contributed by atoms with E-state index >= 15 is 0 Å². The summed E-state index contributed by atoms with van der Waals surface area (Å²) in [7, 11) is 0. The number of H-pyrrole nitrogens is 1. The third kappa shape index (κ3) is 4.05. The van der Waals surface area contributed by atoms with Crippen molar-refractivity contribution in [2.75, 3.05) is 6.54 Å². The molecule has 0 fully saturated rings. The van der Waals surface area contributed by atoms with E-state index in [-0.39, 0.29) is 12.1 Å². The largest absolute Gasteiger partial charge is 0.444 e. The maximum absolute atomic E-state index is 12.1. The molecular weight excluding hydrogens is 230 g/mol. The summed E-state index contributed by atoms with van der Waals surface area (Å²) in [4.78, 5) is 21.1. The molecule has 0 radical (unpaired) electrons. The molecule has 0 aromatic carbocycles. The van der Waals surface area contributed by atoms with Gasteiger partial charge in [0.25, 0.3) is 0 Å². The summed E-state index contributed by atoms with van der Waals surface area (Å²) in [5.41, 5.74) is -0.480. The van der Waals surface area contributed by atoms with Crippen LogP contribution >= 0.6 is 0 Å². The van der Waals surface area contributed by atoms with Gasteiger partial charge in [-0.2, -0.15) is 0 Å². The van der Waals surface area contributed by atoms with Crippen molar-refractivity contribution in [3.63, 3.8) is 0 Å². The molecule has 1 rings (SSSR count). The summed E-state index contributed by atoms with van der Waals surface area (Å²) in [5.74, 6) is 0.773. The highest BCUT2D eigenvalue weighted by molar-refractivity contribution is 5.68. The number of carbonyl (C=O) groups is 1. The van der Waals surface area contributed by atoms with E-state index in [1.807, 2.05) is 34.6 Å². The zero-order valence-electron chi connectivity index (χ0n) is 11.9. The van der Waals surface area contributed by atoms with Crippen LogP contribution in [0.2, 0.25) is 0 Å². The van der Waals surface area contributed by atoms with Crippen LogP contribution in [0.25, 0.3) is 0 Å². The molecule has 0 unspecified atom stereocenters. The van der Waals surface area contributed by atoms with Gasteiger partial charge in [-0.3, -0.25) is 4.90 Å². The molecule has 5 nitrogen and oxygen atoms in total. The van der Waals surface area contributed by atoms with Crippen molar-refractivity contribution in [1.82, 2.24) is 14.9 Å². The maximum atomic E-state index is 12.1. The molecule has 0 spiro atoms. The molecule has 1 amide bonds. The molecule has 0 aliphatic rings. The first-order valence-electron chi connectivity index (χ1n) is 6.34. The topological polar surface area (TPSA) is 58.2 Å². The highest BCUT2D eigenvalue weighted by Crippen LogP contribution is 2.20. The van der Waals surface area contributed by atoms with Gasteiger partial charge in [-0.15, -0.1) is 0 Å². The summed E-state index contributed by atoms with van der Waals surface area (Å²) in [5, 5.41) is 0. The van der Waals surface area contributed by atoms with Crippen LogP contribution in [0.5, 0.6) is 0 Å². The van der Waals surface area contributed by atoms with Crippen molar-refractivity contribution in [1.29, 1.82) is 0 Å². The van der Waals surface area contributed by atoms with Crippen molar-refractivity contribution in [2.24, 2.45) is 0 Å². The average molecular weight is 253 g/mol. The Morgan fingerprint density at radius 1 is 1.56 bits per heavy atom. The van der Waals surface area contributed by atoms with E-state index in [4.69, 9.17) is 4.74 Å². The van der Waals surface area contributed by atoms with Crippen molar-refractivity contribution in [3.8, 4) is 0 Å². The van der Waals surface area contributed by atoms with Gasteiger partial charge in [-0.1, -0.05) is 6.92 Å². The lowest BCUT2D eigenvalue weighted by molar-refractivity contribution is 0.0166. The Morgan fingerprint density at radius 3 is 2.67 bits per heavy atom. The zero-order chi connectivity index (χ0) is 13.8. The Balaban J connectivity index is 2.79. The molecule has 1 atom stereocenters. The van der Waals surface area contributed by atoms with Crippen molar-refractivity contribution in [2.45, 2.75) is 52.7 Å². The molecular formula is C13H23N3O2. The van der Waals surface area contributed by atoms with Gasteiger partial charge in [0.2, 0.25) is 0 Å². The van der Waals surface area contributed by atoms with Crippen LogP contribution in [0.15, 0.2) is 12.4 Å². The van der Waals surface area contributed by atoms with Crippen LogP contribution in [0.4, 0.5) is 4.79 Å². The predicted molar refractivity (Wildman–Crippen MR) is 70.2 cm³/mol. The van der Waals surface area contributed by atoms with Crippen LogP contribution in [-0.4, -0.2) is 33.1 Å². The number of nitrogens with one attached hydrogen (secondary N) is 1. The Morgan fingerprint density at radius 2 is 2.22 bits per heavy atom. The summed E-state index contributed by atoms with van der Waals surface area (Å²) in [6.07, 6.45) is 4.02. The molecule has 1 aromatic rings. The van der Waals surface area contributed by atoms with Gasteiger partial charge in [-0.25, -0.2) is 9.78 Å². The Hall–Kier alpha value is -1.52. The normalized spacial score (nSPS) is 13.2. The van der Waals surface area contributed by atoms with E-state index in [1.54, 1.807) is 17.3 Å². The van der Waals surface area contributed by atoms with Crippen LogP contribution in [0.1, 0.15) is 52.9 Å². The molecule has 0 bridgehead atoms. The highest BCUT2D eigenvalue weighted by Gasteiger charge is 2.27. The Labute approximate surface area is 109 Å². The van der Waals surface area contributed by atoms with Gasteiger partial charge in [0.1, 0.15) is 11.4 Å². The third-order valence-corrected chi connectivity index (χ3v) is 2.48. The van der Waals surface area contributed by atoms with Gasteiger partial charge in [0.05, 0.1) is 6.04 Å². The van der Waals surface area contributed by atoms with E-state index in [0.717, 1.165) is 12.2 Å². The fraction of sp³-hybridized carbons (Fsp3) is 0.692. The minimum Gasteiger partial charge on any atom is -0.444 e. The SMILES string of the molecule is CCCN(C(=O)OC(C)(C)C)[C@@H](C)c1ncc[nH]1. The van der Waals surface area contributed by atoms with E-state index in [2.05, 4.69) is 9.97 Å². The second-order valence-electron chi connectivity index (χ2n) is 5.32. The number of aromatic amines is 1. The molecule has 1 aromatic heterocycles. The predicted octanol–water partition coefficient (Wildman–Crippen LogP) is 3.12. The summed E-state index contributed by atoms with van der Waals surface area (Å²) in [6.45, 7) is 10.2. The van der Waals surface area contributed by atoms with Gasteiger partial charge in [0, 0.05) is 18.9 Å². The van der Waals surface area contributed by atoms with Gasteiger partial charge in [-0.05, 0) is 34.1 Å². The molecule has 5 heteroatoms. The van der Waals surface area contributed by atoms with E-state index < -0.39 is 5.60 Å². The Bertz CT molecular complexity index is 368. The smallest absolute Gasteiger partial charge is 0.410 e. The summed E-state index contributed by atoms with van der Waals surface area (Å²) < 4.78 is 5.42. The number of nitrogens with zero attached hydrogens (tertiary/aromatic N) is 2. The first-order valence-corrected chi connectivity index (χ1v) is 6.34. The second kappa shape index (κ2) is 5.89. The van der Waals surface area contributed by atoms with E-state index in [1.165, 1.54) is 0 Å². The van der Waals surface area contributed by atoms with Crippen LogP contribution in [0, 0.1) is 0 Å². The zero-order valence-corrected chi connectivity index (χ0v) is 11.9. The molecule has 102 valence electrons. The van der Waals surface area contributed by atoms with Crippen molar-refractivity contribution < 1.29 is 9.53 Å². The van der Waals surface area contributed by atoms with Gasteiger partial charge in [0.15, 0.2) is 0 Å². The minimum atomic E-state index is -0.480. The number of rotatable bonds is 4. The summed E-state index contributed by atoms with van der Waals surface area (Å²) >= 11 is 0. The first-order chi connectivity index (χ1) is 8.35. The minimum absolute atomic E-state index is 0.116. The monoisotopic (exact) mass is 253 g/mol. The number of hydrogen-bond acceptors (Lipinski definition) is 3. The fourth-order valence-corrected chi connectivity index (χ4v) is 1.66. The van der Waals surface area contributed by atoms with Crippen LogP contribution in [0.3, 0.4) is 0 Å². The number of carbonyl (C=O) groups excluding carboxylic acids is 1. The quantitative estimate of drug-likeness (QED) is 0.897. The second-order valence-corrected chi connectivity index (χ2v) is 5.32. The number of amides is 1. The number of hydrogen-bond donors (Lipinski definition) is 1. The highest BCUT2D eigenvalue weighted by atomic mass is 16.6. The fourth-order valence-electron chi connectivity index (χ4n) is 1.66. The molecule has 1 heterocycles. The van der Waals surface area contributed by atoms with Crippen molar-refractivity contribution in [3.05, 3.63) is 18.2 Å². The molecule has 0 aliphatic heterocycles. The van der Waals surface area contributed by atoms with E-state index in [0.29, 0.717) is 6.54 Å². The van der Waals surface area contributed by atoms with E-state index in [9.17, 15) is 4.79 Å². The standard InChI is InChI=1S/C13H23N3O2/c1-6-9-16(12(17)18-13(3,4)5)10(2)11-14-7-8-15-11/h7-8,10H,6,9H2,1-5H3,(H,14,15)/t10-/m0/s1.